The Morgan fingerprint density at radius 3 is 2.44 bits per heavy atom. The first kappa shape index (κ1) is 19.5. The number of nitrogens with zero attached hydrogens (tertiary/aromatic N) is 2. The van der Waals surface area contributed by atoms with Crippen LogP contribution in [-0.2, 0) is 4.79 Å². The third-order valence-electron chi connectivity index (χ3n) is 4.76. The normalized spacial score (nSPS) is 15.2. The number of anilines is 1. The zero-order valence-electron chi connectivity index (χ0n) is 15.5. The quantitative estimate of drug-likeness (QED) is 0.585. The van der Waals surface area contributed by atoms with Crippen LogP contribution in [0, 0.1) is 0 Å². The summed E-state index contributed by atoms with van der Waals surface area (Å²) in [5.41, 5.74) is 2.15. The molecule has 0 atom stereocenters. The van der Waals surface area contributed by atoms with Crippen LogP contribution < -0.4 is 10.2 Å². The smallest absolute Gasteiger partial charge is 0.244 e. The average molecular weight is 384 g/mol. The second-order valence-corrected chi connectivity index (χ2v) is 7.07. The van der Waals surface area contributed by atoms with Crippen molar-refractivity contribution in [2.24, 2.45) is 0 Å². The number of halogens is 1. The van der Waals surface area contributed by atoms with E-state index in [0.29, 0.717) is 11.6 Å². The molecule has 3 rings (SSSR count). The number of hydrogen-bond donors (Lipinski definition) is 1. The predicted molar refractivity (Wildman–Crippen MR) is 113 cm³/mol. The maximum Gasteiger partial charge on any atom is 0.244 e. The van der Waals surface area contributed by atoms with Gasteiger partial charge in [0.1, 0.15) is 0 Å². The molecule has 4 nitrogen and oxygen atoms in total. The summed E-state index contributed by atoms with van der Waals surface area (Å²) in [5, 5.41) is 3.59. The van der Waals surface area contributed by atoms with E-state index in [1.54, 1.807) is 12.2 Å². The van der Waals surface area contributed by atoms with Gasteiger partial charge in [-0.3, -0.25) is 9.69 Å². The molecule has 0 aromatic heterocycles. The SMILES string of the molecule is O=C(/C=C/c1ccccc1Cl)NCCCN1CCN(c2ccccc2)CC1. The maximum atomic E-state index is 11.9. The molecule has 142 valence electrons. The lowest BCUT2D eigenvalue weighted by atomic mass is 10.2. The Hall–Kier alpha value is -2.30. The molecule has 2 aromatic carbocycles. The van der Waals surface area contributed by atoms with Crippen LogP contribution >= 0.6 is 11.6 Å². The van der Waals surface area contributed by atoms with Crippen molar-refractivity contribution in [3.05, 3.63) is 71.3 Å². The predicted octanol–water partition coefficient (Wildman–Crippen LogP) is 3.68. The van der Waals surface area contributed by atoms with E-state index in [4.69, 9.17) is 11.6 Å². The molecular weight excluding hydrogens is 358 g/mol. The van der Waals surface area contributed by atoms with Gasteiger partial charge in [0.15, 0.2) is 0 Å². The van der Waals surface area contributed by atoms with Crippen LogP contribution in [0.15, 0.2) is 60.7 Å². The van der Waals surface area contributed by atoms with Crippen LogP contribution in [0.4, 0.5) is 5.69 Å². The summed E-state index contributed by atoms with van der Waals surface area (Å²) in [6, 6.07) is 18.0. The first-order chi connectivity index (χ1) is 13.2. The van der Waals surface area contributed by atoms with Crippen molar-refractivity contribution in [2.45, 2.75) is 6.42 Å². The molecule has 1 amide bonds. The Balaban J connectivity index is 1.32. The summed E-state index contributed by atoms with van der Waals surface area (Å²) in [6.07, 6.45) is 4.25. The fraction of sp³-hybridized carbons (Fsp3) is 0.318. The van der Waals surface area contributed by atoms with E-state index < -0.39 is 0 Å². The van der Waals surface area contributed by atoms with Crippen LogP contribution in [0.1, 0.15) is 12.0 Å². The largest absolute Gasteiger partial charge is 0.369 e. The summed E-state index contributed by atoms with van der Waals surface area (Å²) in [6.45, 7) is 5.93. The Morgan fingerprint density at radius 2 is 1.70 bits per heavy atom. The topological polar surface area (TPSA) is 35.6 Å². The Kier molecular flexibility index (Phi) is 7.31. The van der Waals surface area contributed by atoms with Gasteiger partial charge in [-0.15, -0.1) is 0 Å². The van der Waals surface area contributed by atoms with Gasteiger partial charge in [0.25, 0.3) is 0 Å². The van der Waals surface area contributed by atoms with Crippen molar-refractivity contribution in [3.63, 3.8) is 0 Å². The number of amides is 1. The van der Waals surface area contributed by atoms with Crippen molar-refractivity contribution in [2.75, 3.05) is 44.2 Å². The first-order valence-corrected chi connectivity index (χ1v) is 9.83. The molecule has 5 heteroatoms. The van der Waals surface area contributed by atoms with E-state index in [-0.39, 0.29) is 5.91 Å². The average Bonchev–Trinajstić information content (AvgIpc) is 2.72. The molecule has 2 aromatic rings. The van der Waals surface area contributed by atoms with Gasteiger partial charge in [0, 0.05) is 49.5 Å². The van der Waals surface area contributed by atoms with Crippen LogP contribution in [0.5, 0.6) is 0 Å². The van der Waals surface area contributed by atoms with Crippen LogP contribution in [0.2, 0.25) is 5.02 Å². The number of para-hydroxylation sites is 1. The highest BCUT2D eigenvalue weighted by Crippen LogP contribution is 2.16. The summed E-state index contributed by atoms with van der Waals surface area (Å²) >= 11 is 6.08. The van der Waals surface area contributed by atoms with E-state index in [0.717, 1.165) is 44.7 Å². The van der Waals surface area contributed by atoms with Crippen molar-refractivity contribution >= 4 is 29.3 Å². The molecule has 1 aliphatic rings. The number of carbonyl (C=O) groups is 1. The molecule has 1 aliphatic heterocycles. The van der Waals surface area contributed by atoms with Crippen LogP contribution in [0.25, 0.3) is 6.08 Å². The fourth-order valence-electron chi connectivity index (χ4n) is 3.22. The molecule has 0 radical (unpaired) electrons. The third-order valence-corrected chi connectivity index (χ3v) is 5.11. The second kappa shape index (κ2) is 10.1. The molecule has 0 spiro atoms. The van der Waals surface area contributed by atoms with E-state index in [1.807, 2.05) is 24.3 Å². The number of carbonyl (C=O) groups excluding carboxylic acids is 1. The maximum absolute atomic E-state index is 11.9. The van der Waals surface area contributed by atoms with E-state index >= 15 is 0 Å². The Bertz CT molecular complexity index is 755. The van der Waals surface area contributed by atoms with Gasteiger partial charge in [-0.25, -0.2) is 0 Å². The molecule has 1 saturated heterocycles. The van der Waals surface area contributed by atoms with E-state index in [2.05, 4.69) is 45.4 Å². The molecule has 0 saturated carbocycles. The monoisotopic (exact) mass is 383 g/mol. The lowest BCUT2D eigenvalue weighted by Gasteiger charge is -2.36. The number of nitrogens with one attached hydrogen (secondary N) is 1. The standard InChI is InChI=1S/C22H26ClN3O/c23-21-10-5-4-7-19(21)11-12-22(27)24-13-6-14-25-15-17-26(18-16-25)20-8-2-1-3-9-20/h1-5,7-12H,6,13-18H2,(H,24,27)/b12-11+. The molecule has 1 fully saturated rings. The van der Waals surface area contributed by atoms with Gasteiger partial charge in [0.2, 0.25) is 5.91 Å². The highest BCUT2D eigenvalue weighted by atomic mass is 35.5. The van der Waals surface area contributed by atoms with E-state index in [1.165, 1.54) is 5.69 Å². The first-order valence-electron chi connectivity index (χ1n) is 9.45. The van der Waals surface area contributed by atoms with Crippen molar-refractivity contribution < 1.29 is 4.79 Å². The number of rotatable bonds is 7. The van der Waals surface area contributed by atoms with Crippen LogP contribution in [-0.4, -0.2) is 50.1 Å². The van der Waals surface area contributed by atoms with Gasteiger partial charge < -0.3 is 10.2 Å². The summed E-state index contributed by atoms with van der Waals surface area (Å²) in [7, 11) is 0. The lowest BCUT2D eigenvalue weighted by molar-refractivity contribution is -0.116. The third kappa shape index (κ3) is 6.12. The molecule has 1 heterocycles. The summed E-state index contributed by atoms with van der Waals surface area (Å²) in [4.78, 5) is 16.8. The Morgan fingerprint density at radius 1 is 1.00 bits per heavy atom. The van der Waals surface area contributed by atoms with Gasteiger partial charge in [-0.05, 0) is 42.8 Å². The van der Waals surface area contributed by atoms with Gasteiger partial charge >= 0.3 is 0 Å². The van der Waals surface area contributed by atoms with Crippen LogP contribution in [0.3, 0.4) is 0 Å². The number of benzene rings is 2. The molecular formula is C22H26ClN3O. The minimum absolute atomic E-state index is 0.0798. The Labute approximate surface area is 166 Å². The highest BCUT2D eigenvalue weighted by molar-refractivity contribution is 6.32. The van der Waals surface area contributed by atoms with E-state index in [9.17, 15) is 4.79 Å². The summed E-state index contributed by atoms with van der Waals surface area (Å²) < 4.78 is 0. The highest BCUT2D eigenvalue weighted by Gasteiger charge is 2.16. The second-order valence-electron chi connectivity index (χ2n) is 6.66. The zero-order valence-corrected chi connectivity index (χ0v) is 16.2. The molecule has 0 unspecified atom stereocenters. The van der Waals surface area contributed by atoms with Gasteiger partial charge in [0.05, 0.1) is 0 Å². The minimum Gasteiger partial charge on any atom is -0.369 e. The van der Waals surface area contributed by atoms with Gasteiger partial charge in [-0.1, -0.05) is 48.0 Å². The molecule has 0 aliphatic carbocycles. The van der Waals surface area contributed by atoms with Crippen molar-refractivity contribution in [1.29, 1.82) is 0 Å². The zero-order chi connectivity index (χ0) is 18.9. The molecule has 0 bridgehead atoms. The fourth-order valence-corrected chi connectivity index (χ4v) is 3.42. The number of piperazine rings is 1. The van der Waals surface area contributed by atoms with Crippen molar-refractivity contribution in [3.8, 4) is 0 Å². The lowest BCUT2D eigenvalue weighted by Crippen LogP contribution is -2.47. The number of hydrogen-bond acceptors (Lipinski definition) is 3. The minimum atomic E-state index is -0.0798. The summed E-state index contributed by atoms with van der Waals surface area (Å²) in [5.74, 6) is -0.0798. The van der Waals surface area contributed by atoms with Crippen molar-refractivity contribution in [1.82, 2.24) is 10.2 Å². The molecule has 27 heavy (non-hydrogen) atoms. The molecule has 1 N–H and O–H groups in total. The van der Waals surface area contributed by atoms with Gasteiger partial charge in [-0.2, -0.15) is 0 Å².